The standard InChI is InChI=1S/C12H9NO2/c1-15-12-7-3-4-9-10(12)5-2-6-11(9)13-8-14/h2-7H,1H3. The van der Waals surface area contributed by atoms with Gasteiger partial charge in [-0.25, -0.2) is 4.79 Å². The van der Waals surface area contributed by atoms with Crippen LogP contribution in [0.5, 0.6) is 5.75 Å². The molecule has 0 radical (unpaired) electrons. The highest BCUT2D eigenvalue weighted by Gasteiger charge is 2.03. The van der Waals surface area contributed by atoms with Crippen molar-refractivity contribution in [2.24, 2.45) is 4.99 Å². The molecule has 3 nitrogen and oxygen atoms in total. The van der Waals surface area contributed by atoms with E-state index >= 15 is 0 Å². The molecule has 0 aliphatic carbocycles. The van der Waals surface area contributed by atoms with Crippen LogP contribution in [0.25, 0.3) is 10.8 Å². The Bertz CT molecular complexity index is 542. The molecule has 0 aliphatic heterocycles. The highest BCUT2D eigenvalue weighted by Crippen LogP contribution is 2.31. The van der Waals surface area contributed by atoms with Crippen molar-refractivity contribution in [2.75, 3.05) is 7.11 Å². The van der Waals surface area contributed by atoms with Gasteiger partial charge < -0.3 is 4.74 Å². The molecule has 74 valence electrons. The van der Waals surface area contributed by atoms with Crippen LogP contribution in [-0.4, -0.2) is 13.2 Å². The molecule has 2 aromatic rings. The molecule has 0 atom stereocenters. The van der Waals surface area contributed by atoms with Gasteiger partial charge in [-0.15, -0.1) is 0 Å². The Morgan fingerprint density at radius 2 is 1.87 bits per heavy atom. The van der Waals surface area contributed by atoms with Crippen molar-refractivity contribution in [2.45, 2.75) is 0 Å². The number of ether oxygens (including phenoxy) is 1. The molecular formula is C12H9NO2. The summed E-state index contributed by atoms with van der Waals surface area (Å²) in [5.41, 5.74) is 0.612. The molecule has 0 saturated heterocycles. The molecule has 0 aliphatic rings. The van der Waals surface area contributed by atoms with Crippen molar-refractivity contribution in [3.8, 4) is 5.75 Å². The quantitative estimate of drug-likeness (QED) is 0.551. The lowest BCUT2D eigenvalue weighted by Crippen LogP contribution is -1.84. The van der Waals surface area contributed by atoms with E-state index in [9.17, 15) is 4.79 Å². The molecule has 15 heavy (non-hydrogen) atoms. The molecule has 0 unspecified atom stereocenters. The minimum absolute atomic E-state index is 0.612. The van der Waals surface area contributed by atoms with Crippen LogP contribution in [0.3, 0.4) is 0 Å². The number of isocyanates is 1. The molecule has 0 fully saturated rings. The molecule has 0 saturated carbocycles. The van der Waals surface area contributed by atoms with Gasteiger partial charge in [-0.05, 0) is 12.1 Å². The lowest BCUT2D eigenvalue weighted by Gasteiger charge is -2.05. The summed E-state index contributed by atoms with van der Waals surface area (Å²) in [4.78, 5) is 13.9. The maximum absolute atomic E-state index is 10.2. The summed E-state index contributed by atoms with van der Waals surface area (Å²) in [6, 6.07) is 11.2. The Morgan fingerprint density at radius 1 is 1.13 bits per heavy atom. The highest BCUT2D eigenvalue weighted by molar-refractivity contribution is 5.97. The molecule has 3 heteroatoms. The molecule has 2 aromatic carbocycles. The fourth-order valence-electron chi connectivity index (χ4n) is 1.59. The Hall–Kier alpha value is -2.12. The lowest BCUT2D eigenvalue weighted by atomic mass is 10.1. The van der Waals surface area contributed by atoms with Crippen molar-refractivity contribution in [3.05, 3.63) is 36.4 Å². The minimum atomic E-state index is 0.612. The topological polar surface area (TPSA) is 38.7 Å². The van der Waals surface area contributed by atoms with Gasteiger partial charge in [-0.1, -0.05) is 24.3 Å². The van der Waals surface area contributed by atoms with Crippen LogP contribution in [0.4, 0.5) is 5.69 Å². The largest absolute Gasteiger partial charge is 0.496 e. The van der Waals surface area contributed by atoms with Crippen molar-refractivity contribution in [3.63, 3.8) is 0 Å². The molecule has 0 spiro atoms. The van der Waals surface area contributed by atoms with Gasteiger partial charge in [0, 0.05) is 10.8 Å². The van der Waals surface area contributed by atoms with E-state index in [0.29, 0.717) is 5.69 Å². The SMILES string of the molecule is COc1cccc2c(N=C=O)cccc12. The number of fused-ring (bicyclic) bond motifs is 1. The molecule has 0 heterocycles. The monoisotopic (exact) mass is 199 g/mol. The number of methoxy groups -OCH3 is 1. The molecule has 0 bridgehead atoms. The number of nitrogens with zero attached hydrogens (tertiary/aromatic N) is 1. The summed E-state index contributed by atoms with van der Waals surface area (Å²) in [5, 5.41) is 1.83. The minimum Gasteiger partial charge on any atom is -0.496 e. The van der Waals surface area contributed by atoms with E-state index in [2.05, 4.69) is 4.99 Å². The van der Waals surface area contributed by atoms with E-state index in [0.717, 1.165) is 16.5 Å². The van der Waals surface area contributed by atoms with E-state index in [1.165, 1.54) is 0 Å². The molecule has 2 rings (SSSR count). The number of rotatable bonds is 2. The second-order valence-electron chi connectivity index (χ2n) is 3.04. The third-order valence-electron chi connectivity index (χ3n) is 2.25. The third kappa shape index (κ3) is 1.60. The van der Waals surface area contributed by atoms with Gasteiger partial charge in [0.15, 0.2) is 0 Å². The number of benzene rings is 2. The van der Waals surface area contributed by atoms with Gasteiger partial charge in [0.1, 0.15) is 5.75 Å². The van der Waals surface area contributed by atoms with Crippen LogP contribution in [-0.2, 0) is 4.79 Å². The van der Waals surface area contributed by atoms with Crippen molar-refractivity contribution in [1.29, 1.82) is 0 Å². The fraction of sp³-hybridized carbons (Fsp3) is 0.0833. The second kappa shape index (κ2) is 3.95. The zero-order valence-corrected chi connectivity index (χ0v) is 8.23. The number of hydrogen-bond acceptors (Lipinski definition) is 3. The van der Waals surface area contributed by atoms with Crippen LogP contribution in [0, 0.1) is 0 Å². The van der Waals surface area contributed by atoms with E-state index in [-0.39, 0.29) is 0 Å². The van der Waals surface area contributed by atoms with Crippen LogP contribution >= 0.6 is 0 Å². The summed E-state index contributed by atoms with van der Waals surface area (Å²) in [6.07, 6.45) is 1.55. The lowest BCUT2D eigenvalue weighted by molar-refractivity contribution is 0.420. The van der Waals surface area contributed by atoms with Gasteiger partial charge in [-0.3, -0.25) is 0 Å². The first kappa shape index (κ1) is 9.44. The maximum atomic E-state index is 10.2. The van der Waals surface area contributed by atoms with Crippen molar-refractivity contribution >= 4 is 22.5 Å². The summed E-state index contributed by atoms with van der Waals surface area (Å²) in [7, 11) is 1.62. The van der Waals surface area contributed by atoms with Crippen molar-refractivity contribution < 1.29 is 9.53 Å². The first-order valence-electron chi connectivity index (χ1n) is 4.50. The molecular weight excluding hydrogens is 190 g/mol. The van der Waals surface area contributed by atoms with Crippen LogP contribution in [0.2, 0.25) is 0 Å². The highest BCUT2D eigenvalue weighted by atomic mass is 16.5. The van der Waals surface area contributed by atoms with Gasteiger partial charge in [-0.2, -0.15) is 4.99 Å². The van der Waals surface area contributed by atoms with Crippen LogP contribution in [0.15, 0.2) is 41.4 Å². The predicted molar refractivity (Wildman–Crippen MR) is 58.3 cm³/mol. The number of aliphatic imine (C=N–C) groups is 1. The van der Waals surface area contributed by atoms with E-state index in [1.807, 2.05) is 30.3 Å². The first-order chi connectivity index (χ1) is 7.36. The first-order valence-corrected chi connectivity index (χ1v) is 4.50. The van der Waals surface area contributed by atoms with E-state index < -0.39 is 0 Å². The van der Waals surface area contributed by atoms with E-state index in [4.69, 9.17) is 4.74 Å². The Morgan fingerprint density at radius 3 is 2.60 bits per heavy atom. The predicted octanol–water partition coefficient (Wildman–Crippen LogP) is 2.82. The molecule has 0 N–H and O–H groups in total. The fourth-order valence-corrected chi connectivity index (χ4v) is 1.59. The smallest absolute Gasteiger partial charge is 0.240 e. The second-order valence-corrected chi connectivity index (χ2v) is 3.04. The summed E-state index contributed by atoms with van der Waals surface area (Å²) in [6.45, 7) is 0. The Kier molecular flexibility index (Phi) is 2.48. The molecule has 0 aromatic heterocycles. The summed E-state index contributed by atoms with van der Waals surface area (Å²) in [5.74, 6) is 0.774. The van der Waals surface area contributed by atoms with Crippen molar-refractivity contribution in [1.82, 2.24) is 0 Å². The Labute approximate surface area is 87.0 Å². The number of carbonyl (C=O) groups excluding carboxylic acids is 1. The zero-order chi connectivity index (χ0) is 10.7. The van der Waals surface area contributed by atoms with Gasteiger partial charge in [0.25, 0.3) is 0 Å². The van der Waals surface area contributed by atoms with Crippen LogP contribution in [0.1, 0.15) is 0 Å². The van der Waals surface area contributed by atoms with Gasteiger partial charge in [0.2, 0.25) is 6.08 Å². The summed E-state index contributed by atoms with van der Waals surface area (Å²) < 4.78 is 5.22. The molecule has 0 amide bonds. The normalized spacial score (nSPS) is 9.67. The average molecular weight is 199 g/mol. The van der Waals surface area contributed by atoms with Gasteiger partial charge >= 0.3 is 0 Å². The maximum Gasteiger partial charge on any atom is 0.240 e. The van der Waals surface area contributed by atoms with Gasteiger partial charge in [0.05, 0.1) is 12.8 Å². The summed E-state index contributed by atoms with van der Waals surface area (Å²) >= 11 is 0. The van der Waals surface area contributed by atoms with E-state index in [1.54, 1.807) is 19.3 Å². The van der Waals surface area contributed by atoms with Crippen LogP contribution < -0.4 is 4.74 Å². The number of hydrogen-bond donors (Lipinski definition) is 0. The third-order valence-corrected chi connectivity index (χ3v) is 2.25. The average Bonchev–Trinajstić information content (AvgIpc) is 2.29. The Balaban J connectivity index is 2.81. The zero-order valence-electron chi connectivity index (χ0n) is 8.23.